The minimum Gasteiger partial charge on any atom is -0.396 e. The number of benzene rings is 1. The fraction of sp³-hybridized carbons (Fsp3) is 0.500. The van der Waals surface area contributed by atoms with Crippen molar-refractivity contribution in [2.45, 2.75) is 25.7 Å². The summed E-state index contributed by atoms with van der Waals surface area (Å²) in [6.07, 6.45) is 4.32. The van der Waals surface area contributed by atoms with Gasteiger partial charge in [-0.3, -0.25) is 0 Å². The van der Waals surface area contributed by atoms with E-state index in [1.165, 1.54) is 0 Å². The fourth-order valence-corrected chi connectivity index (χ4v) is 2.75. The van der Waals surface area contributed by atoms with Gasteiger partial charge in [-0.1, -0.05) is 18.9 Å². The van der Waals surface area contributed by atoms with E-state index < -0.39 is 0 Å². The Hall–Kier alpha value is -0.0600. The molecule has 0 fully saturated rings. The Labute approximate surface area is 114 Å². The Morgan fingerprint density at radius 3 is 2.25 bits per heavy atom. The molecule has 0 aromatic heterocycles. The molecule has 0 unspecified atom stereocenters. The van der Waals surface area contributed by atoms with E-state index in [-0.39, 0.29) is 0 Å². The van der Waals surface area contributed by atoms with E-state index in [2.05, 4.69) is 37.2 Å². The number of hydrogen-bond acceptors (Lipinski definition) is 2. The van der Waals surface area contributed by atoms with Crippen LogP contribution in [0.5, 0.6) is 0 Å². The predicted octanol–water partition coefficient (Wildman–Crippen LogP) is 4.18. The molecule has 1 aromatic rings. The molecule has 0 atom stereocenters. The number of unbranched alkanes of at least 4 members (excludes halogenated alkanes) is 3. The van der Waals surface area contributed by atoms with Gasteiger partial charge in [-0.2, -0.15) is 0 Å². The number of aliphatic hydroxyl groups is 1. The molecular formula is C12H17Br2NO. The van der Waals surface area contributed by atoms with Gasteiger partial charge in [0.1, 0.15) is 0 Å². The molecule has 1 aromatic carbocycles. The maximum Gasteiger partial charge on any atom is 0.0628 e. The number of aliphatic hydroxyl groups excluding tert-OH is 1. The first-order chi connectivity index (χ1) is 7.75. The average molecular weight is 351 g/mol. The smallest absolute Gasteiger partial charge is 0.0628 e. The number of anilines is 1. The lowest BCUT2D eigenvalue weighted by atomic mass is 10.2. The van der Waals surface area contributed by atoms with Gasteiger partial charge in [0.15, 0.2) is 0 Å². The van der Waals surface area contributed by atoms with Crippen molar-refractivity contribution in [3.63, 3.8) is 0 Å². The zero-order valence-electron chi connectivity index (χ0n) is 9.18. The summed E-state index contributed by atoms with van der Waals surface area (Å²) in [6, 6.07) is 6.05. The highest BCUT2D eigenvalue weighted by Crippen LogP contribution is 2.30. The van der Waals surface area contributed by atoms with Crippen molar-refractivity contribution in [1.29, 1.82) is 0 Å². The van der Waals surface area contributed by atoms with Gasteiger partial charge in [-0.15, -0.1) is 0 Å². The summed E-state index contributed by atoms with van der Waals surface area (Å²) in [5, 5.41) is 12.0. The van der Waals surface area contributed by atoms with Gasteiger partial charge in [0.05, 0.1) is 5.69 Å². The summed E-state index contributed by atoms with van der Waals surface area (Å²) in [7, 11) is 0. The monoisotopic (exact) mass is 349 g/mol. The van der Waals surface area contributed by atoms with Crippen molar-refractivity contribution in [2.24, 2.45) is 0 Å². The number of hydrogen-bond donors (Lipinski definition) is 2. The van der Waals surface area contributed by atoms with E-state index in [0.717, 1.165) is 46.9 Å². The summed E-state index contributed by atoms with van der Waals surface area (Å²) in [6.45, 7) is 1.27. The lowest BCUT2D eigenvalue weighted by Gasteiger charge is -2.10. The van der Waals surface area contributed by atoms with Crippen LogP contribution in [0.1, 0.15) is 25.7 Å². The SMILES string of the molecule is OCCCCCCNc1c(Br)cccc1Br. The van der Waals surface area contributed by atoms with Gasteiger partial charge >= 0.3 is 0 Å². The van der Waals surface area contributed by atoms with Gasteiger partial charge in [0, 0.05) is 22.1 Å². The van der Waals surface area contributed by atoms with Crippen LogP contribution in [0.25, 0.3) is 0 Å². The van der Waals surface area contributed by atoms with Crippen LogP contribution < -0.4 is 5.32 Å². The minimum absolute atomic E-state index is 0.309. The predicted molar refractivity (Wildman–Crippen MR) is 75.9 cm³/mol. The zero-order valence-corrected chi connectivity index (χ0v) is 12.3. The lowest BCUT2D eigenvalue weighted by Crippen LogP contribution is -2.02. The maximum atomic E-state index is 8.65. The summed E-state index contributed by atoms with van der Waals surface area (Å²) >= 11 is 7.03. The van der Waals surface area contributed by atoms with Gasteiger partial charge in [0.25, 0.3) is 0 Å². The van der Waals surface area contributed by atoms with E-state index >= 15 is 0 Å². The molecule has 16 heavy (non-hydrogen) atoms. The standard InChI is InChI=1S/C12H17Br2NO/c13-10-6-5-7-11(14)12(10)15-8-3-1-2-4-9-16/h5-7,15-16H,1-4,8-9H2. The van der Waals surface area contributed by atoms with Gasteiger partial charge in [0.2, 0.25) is 0 Å². The number of nitrogens with one attached hydrogen (secondary N) is 1. The largest absolute Gasteiger partial charge is 0.396 e. The van der Waals surface area contributed by atoms with Crippen LogP contribution >= 0.6 is 31.9 Å². The Balaban J connectivity index is 2.26. The summed E-state index contributed by atoms with van der Waals surface area (Å²) in [5.41, 5.74) is 1.12. The summed E-state index contributed by atoms with van der Waals surface area (Å²) < 4.78 is 2.16. The van der Waals surface area contributed by atoms with E-state index in [1.807, 2.05) is 18.2 Å². The highest BCUT2D eigenvalue weighted by molar-refractivity contribution is 9.11. The van der Waals surface area contributed by atoms with E-state index in [1.54, 1.807) is 0 Å². The second kappa shape index (κ2) is 8.09. The quantitative estimate of drug-likeness (QED) is 0.723. The highest BCUT2D eigenvalue weighted by atomic mass is 79.9. The zero-order chi connectivity index (χ0) is 11.8. The molecule has 0 saturated heterocycles. The second-order valence-corrected chi connectivity index (χ2v) is 5.37. The average Bonchev–Trinajstić information content (AvgIpc) is 2.26. The van der Waals surface area contributed by atoms with Crippen LogP contribution in [0.2, 0.25) is 0 Å². The number of halogens is 2. The Bertz CT molecular complexity index is 298. The number of para-hydroxylation sites is 1. The van der Waals surface area contributed by atoms with E-state index in [4.69, 9.17) is 5.11 Å². The van der Waals surface area contributed by atoms with Gasteiger partial charge in [-0.25, -0.2) is 0 Å². The highest BCUT2D eigenvalue weighted by Gasteiger charge is 2.02. The Morgan fingerprint density at radius 1 is 1.00 bits per heavy atom. The van der Waals surface area contributed by atoms with Gasteiger partial charge < -0.3 is 10.4 Å². The number of rotatable bonds is 7. The molecule has 0 amide bonds. The molecule has 0 aliphatic carbocycles. The molecule has 4 heteroatoms. The molecule has 0 saturated carbocycles. The first-order valence-corrected chi connectivity index (χ1v) is 7.13. The summed E-state index contributed by atoms with van der Waals surface area (Å²) in [5.74, 6) is 0. The minimum atomic E-state index is 0.309. The summed E-state index contributed by atoms with van der Waals surface area (Å²) in [4.78, 5) is 0. The molecule has 0 aliphatic rings. The molecule has 0 spiro atoms. The van der Waals surface area contributed by atoms with Crippen LogP contribution in [0.4, 0.5) is 5.69 Å². The lowest BCUT2D eigenvalue weighted by molar-refractivity contribution is 0.283. The third-order valence-electron chi connectivity index (χ3n) is 2.35. The van der Waals surface area contributed by atoms with Crippen molar-refractivity contribution >= 4 is 37.5 Å². The molecule has 2 N–H and O–H groups in total. The van der Waals surface area contributed by atoms with Crippen LogP contribution in [-0.4, -0.2) is 18.3 Å². The molecule has 0 heterocycles. The molecule has 2 nitrogen and oxygen atoms in total. The maximum absolute atomic E-state index is 8.65. The first-order valence-electron chi connectivity index (χ1n) is 5.54. The van der Waals surface area contributed by atoms with Crippen LogP contribution in [0, 0.1) is 0 Å². The third kappa shape index (κ3) is 4.85. The third-order valence-corrected chi connectivity index (χ3v) is 3.67. The van der Waals surface area contributed by atoms with E-state index in [9.17, 15) is 0 Å². The van der Waals surface area contributed by atoms with Crippen molar-refractivity contribution in [3.8, 4) is 0 Å². The van der Waals surface area contributed by atoms with Crippen molar-refractivity contribution in [1.82, 2.24) is 0 Å². The van der Waals surface area contributed by atoms with Crippen molar-refractivity contribution < 1.29 is 5.11 Å². The van der Waals surface area contributed by atoms with Crippen LogP contribution in [-0.2, 0) is 0 Å². The molecule has 0 radical (unpaired) electrons. The van der Waals surface area contributed by atoms with E-state index in [0.29, 0.717) is 6.61 Å². The Kier molecular flexibility index (Phi) is 7.08. The van der Waals surface area contributed by atoms with Crippen molar-refractivity contribution in [3.05, 3.63) is 27.1 Å². The fourth-order valence-electron chi connectivity index (χ4n) is 1.47. The van der Waals surface area contributed by atoms with Crippen LogP contribution in [0.3, 0.4) is 0 Å². The normalized spacial score (nSPS) is 10.4. The molecule has 0 aliphatic heterocycles. The van der Waals surface area contributed by atoms with Gasteiger partial charge in [-0.05, 0) is 56.8 Å². The Morgan fingerprint density at radius 2 is 1.62 bits per heavy atom. The topological polar surface area (TPSA) is 32.3 Å². The molecular weight excluding hydrogens is 334 g/mol. The molecule has 90 valence electrons. The molecule has 1 rings (SSSR count). The van der Waals surface area contributed by atoms with Crippen LogP contribution in [0.15, 0.2) is 27.1 Å². The van der Waals surface area contributed by atoms with Crippen molar-refractivity contribution in [2.75, 3.05) is 18.5 Å². The second-order valence-electron chi connectivity index (χ2n) is 3.66. The molecule has 0 bridgehead atoms. The first kappa shape index (κ1) is 14.0.